The average molecular weight is 404 g/mol. The van der Waals surface area contributed by atoms with Crippen molar-refractivity contribution >= 4 is 22.8 Å². The van der Waals surface area contributed by atoms with Crippen molar-refractivity contribution in [1.82, 2.24) is 35.3 Å². The highest BCUT2D eigenvalue weighted by atomic mass is 16.5. The van der Waals surface area contributed by atoms with Crippen molar-refractivity contribution < 1.29 is 4.74 Å². The molecule has 0 aromatic carbocycles. The van der Waals surface area contributed by atoms with E-state index < -0.39 is 0 Å². The minimum Gasteiger partial charge on any atom is -0.374 e. The van der Waals surface area contributed by atoms with Crippen molar-refractivity contribution in [1.29, 1.82) is 0 Å². The van der Waals surface area contributed by atoms with Crippen LogP contribution >= 0.6 is 0 Å². The van der Waals surface area contributed by atoms with Crippen LogP contribution in [0.15, 0.2) is 17.5 Å². The average Bonchev–Trinajstić information content (AvgIpc) is 3.09. The van der Waals surface area contributed by atoms with Gasteiger partial charge in [0.1, 0.15) is 12.1 Å². The molecule has 0 radical (unpaired) electrons. The Hall–Kier alpha value is -2.46. The molecule has 10 heteroatoms. The first-order valence-electron chi connectivity index (χ1n) is 10.2. The van der Waals surface area contributed by atoms with Gasteiger partial charge in [-0.25, -0.2) is 9.97 Å². The maximum absolute atomic E-state index is 5.89. The molecule has 3 heterocycles. The van der Waals surface area contributed by atoms with Crippen molar-refractivity contribution in [2.75, 3.05) is 58.2 Å². The monoisotopic (exact) mass is 403 g/mol. The number of hydrogen-bond donors (Lipinski definition) is 3. The molecule has 0 saturated carbocycles. The fraction of sp³-hybridized carbons (Fsp3) is 0.684. The molecular formula is C19H33N9O. The van der Waals surface area contributed by atoms with Crippen LogP contribution in [0.5, 0.6) is 0 Å². The zero-order valence-corrected chi connectivity index (χ0v) is 17.9. The fourth-order valence-electron chi connectivity index (χ4n) is 3.48. The summed E-state index contributed by atoms with van der Waals surface area (Å²) >= 11 is 0. The Bertz CT molecular complexity index is 804. The van der Waals surface area contributed by atoms with E-state index in [2.05, 4.69) is 54.8 Å². The highest BCUT2D eigenvalue weighted by Crippen LogP contribution is 2.17. The lowest BCUT2D eigenvalue weighted by atomic mass is 10.2. The summed E-state index contributed by atoms with van der Waals surface area (Å²) < 4.78 is 7.63. The van der Waals surface area contributed by atoms with Gasteiger partial charge in [0.2, 0.25) is 0 Å². The molecule has 1 aliphatic heterocycles. The van der Waals surface area contributed by atoms with Crippen LogP contribution in [-0.2, 0) is 11.8 Å². The number of aromatic nitrogens is 4. The number of aryl methyl sites for hydroxylation is 1. The molecule has 0 bridgehead atoms. The van der Waals surface area contributed by atoms with Crippen molar-refractivity contribution in [3.05, 3.63) is 12.5 Å². The maximum atomic E-state index is 5.89. The van der Waals surface area contributed by atoms with Crippen LogP contribution in [0.25, 0.3) is 11.0 Å². The summed E-state index contributed by atoms with van der Waals surface area (Å²) in [7, 11) is 3.65. The third kappa shape index (κ3) is 6.01. The lowest BCUT2D eigenvalue weighted by Crippen LogP contribution is -2.50. The second kappa shape index (κ2) is 10.4. The zero-order chi connectivity index (χ0) is 20.6. The smallest absolute Gasteiger partial charge is 0.191 e. The summed E-state index contributed by atoms with van der Waals surface area (Å²) in [5.41, 5.74) is 0.812. The first kappa shape index (κ1) is 21.3. The minimum absolute atomic E-state index is 0.180. The summed E-state index contributed by atoms with van der Waals surface area (Å²) in [5, 5.41) is 15.2. The topological polar surface area (TPSA) is 105 Å². The van der Waals surface area contributed by atoms with E-state index in [0.717, 1.165) is 55.6 Å². The molecule has 0 spiro atoms. The summed E-state index contributed by atoms with van der Waals surface area (Å²) in [5.74, 6) is 2.23. The van der Waals surface area contributed by atoms with Gasteiger partial charge in [0.05, 0.1) is 24.3 Å². The van der Waals surface area contributed by atoms with E-state index in [4.69, 9.17) is 4.74 Å². The fourth-order valence-corrected chi connectivity index (χ4v) is 3.48. The Labute approximate surface area is 172 Å². The van der Waals surface area contributed by atoms with Crippen LogP contribution in [-0.4, -0.2) is 89.6 Å². The van der Waals surface area contributed by atoms with Crippen molar-refractivity contribution in [2.24, 2.45) is 18.0 Å². The summed E-state index contributed by atoms with van der Waals surface area (Å²) in [6, 6.07) is 0. The van der Waals surface area contributed by atoms with Gasteiger partial charge in [0, 0.05) is 53.4 Å². The Morgan fingerprint density at radius 3 is 2.97 bits per heavy atom. The first-order valence-corrected chi connectivity index (χ1v) is 10.2. The van der Waals surface area contributed by atoms with E-state index >= 15 is 0 Å². The Morgan fingerprint density at radius 2 is 2.17 bits per heavy atom. The molecule has 10 nitrogen and oxygen atoms in total. The van der Waals surface area contributed by atoms with Gasteiger partial charge in [-0.1, -0.05) is 13.8 Å². The van der Waals surface area contributed by atoms with Crippen LogP contribution in [0.3, 0.4) is 0 Å². The number of aliphatic imine (C=N–C) groups is 1. The molecule has 2 aromatic heterocycles. The van der Waals surface area contributed by atoms with E-state index in [9.17, 15) is 0 Å². The minimum atomic E-state index is 0.180. The number of morpholine rings is 1. The van der Waals surface area contributed by atoms with E-state index in [0.29, 0.717) is 19.0 Å². The molecule has 29 heavy (non-hydrogen) atoms. The summed E-state index contributed by atoms with van der Waals surface area (Å²) in [6.07, 6.45) is 3.50. The van der Waals surface area contributed by atoms with Gasteiger partial charge in [0.25, 0.3) is 0 Å². The molecule has 1 unspecified atom stereocenters. The van der Waals surface area contributed by atoms with Crippen molar-refractivity contribution in [2.45, 2.75) is 20.0 Å². The van der Waals surface area contributed by atoms with Crippen molar-refractivity contribution in [3.8, 4) is 0 Å². The highest BCUT2D eigenvalue weighted by molar-refractivity contribution is 5.86. The largest absolute Gasteiger partial charge is 0.374 e. The van der Waals surface area contributed by atoms with Crippen LogP contribution in [0.2, 0.25) is 0 Å². The van der Waals surface area contributed by atoms with Crippen LogP contribution < -0.4 is 16.0 Å². The Balaban J connectivity index is 1.39. The number of ether oxygens (including phenoxy) is 1. The van der Waals surface area contributed by atoms with Gasteiger partial charge in [-0.15, -0.1) is 0 Å². The van der Waals surface area contributed by atoms with Gasteiger partial charge in [-0.3, -0.25) is 14.6 Å². The molecule has 0 amide bonds. The molecule has 1 atom stereocenters. The molecule has 1 saturated heterocycles. The number of hydrogen-bond acceptors (Lipinski definition) is 7. The third-order valence-corrected chi connectivity index (χ3v) is 4.81. The summed E-state index contributed by atoms with van der Waals surface area (Å²) in [4.78, 5) is 15.3. The van der Waals surface area contributed by atoms with E-state index in [-0.39, 0.29) is 6.10 Å². The predicted molar refractivity (Wildman–Crippen MR) is 115 cm³/mol. The number of nitrogens with zero attached hydrogens (tertiary/aromatic N) is 6. The molecular weight excluding hydrogens is 370 g/mol. The zero-order valence-electron chi connectivity index (χ0n) is 17.9. The highest BCUT2D eigenvalue weighted by Gasteiger charge is 2.21. The number of anilines is 1. The second-order valence-corrected chi connectivity index (χ2v) is 7.68. The Morgan fingerprint density at radius 1 is 1.31 bits per heavy atom. The number of fused-ring (bicyclic) bond motifs is 1. The first-order chi connectivity index (χ1) is 14.1. The van der Waals surface area contributed by atoms with Gasteiger partial charge < -0.3 is 20.7 Å². The van der Waals surface area contributed by atoms with E-state index in [1.54, 1.807) is 24.3 Å². The van der Waals surface area contributed by atoms with Gasteiger partial charge in [-0.05, 0) is 5.92 Å². The van der Waals surface area contributed by atoms with Gasteiger partial charge in [-0.2, -0.15) is 5.10 Å². The van der Waals surface area contributed by atoms with Gasteiger partial charge >= 0.3 is 0 Å². The molecule has 1 fully saturated rings. The second-order valence-electron chi connectivity index (χ2n) is 7.68. The molecule has 1 aliphatic rings. The quantitative estimate of drug-likeness (QED) is 0.328. The van der Waals surface area contributed by atoms with Crippen LogP contribution in [0, 0.1) is 5.92 Å². The van der Waals surface area contributed by atoms with Crippen molar-refractivity contribution in [3.63, 3.8) is 0 Å². The van der Waals surface area contributed by atoms with E-state index in [1.807, 2.05) is 7.05 Å². The van der Waals surface area contributed by atoms with E-state index in [1.165, 1.54) is 0 Å². The van der Waals surface area contributed by atoms with Crippen LogP contribution in [0.1, 0.15) is 13.8 Å². The number of nitrogens with one attached hydrogen (secondary N) is 3. The molecule has 3 N–H and O–H groups in total. The molecule has 160 valence electrons. The summed E-state index contributed by atoms with van der Waals surface area (Å²) in [6.45, 7) is 10.5. The molecule has 3 rings (SSSR count). The SMILES string of the molecule is CN=C(NCCNc1ncnc2c1cnn2C)NCC1CN(CC(C)C)CCO1. The number of guanidine groups is 1. The maximum Gasteiger partial charge on any atom is 0.191 e. The molecule has 0 aliphatic carbocycles. The van der Waals surface area contributed by atoms with Gasteiger partial charge in [0.15, 0.2) is 11.6 Å². The lowest BCUT2D eigenvalue weighted by molar-refractivity contribution is -0.0284. The lowest BCUT2D eigenvalue weighted by Gasteiger charge is -2.34. The molecule has 2 aromatic rings. The standard InChI is InChI=1S/C19H33N9O/c1-14(2)11-28-7-8-29-15(12-28)9-23-19(20-3)22-6-5-21-17-16-10-26-27(4)18(16)25-13-24-17/h10,13-15H,5-9,11-12H2,1-4H3,(H2,20,22,23)(H,21,24,25). The normalized spacial score (nSPS) is 18.4. The number of rotatable bonds is 8. The Kier molecular flexibility index (Phi) is 7.59. The third-order valence-electron chi connectivity index (χ3n) is 4.81. The van der Waals surface area contributed by atoms with Crippen LogP contribution in [0.4, 0.5) is 5.82 Å². The predicted octanol–water partition coefficient (Wildman–Crippen LogP) is 0.297.